The lowest BCUT2D eigenvalue weighted by Gasteiger charge is -2.13. The van der Waals surface area contributed by atoms with Crippen molar-refractivity contribution in [2.75, 3.05) is 0 Å². The number of pyridine rings is 2. The average Bonchev–Trinajstić information content (AvgIpc) is 3.92. The van der Waals surface area contributed by atoms with Crippen LogP contribution in [0.15, 0.2) is 231 Å². The van der Waals surface area contributed by atoms with Gasteiger partial charge in [-0.2, -0.15) is 0 Å². The lowest BCUT2D eigenvalue weighted by molar-refractivity contribution is 1.17. The summed E-state index contributed by atoms with van der Waals surface area (Å²) in [4.78, 5) is 10.1. The summed E-state index contributed by atoms with van der Waals surface area (Å²) in [6.45, 7) is 0. The molecule has 0 unspecified atom stereocenters. The van der Waals surface area contributed by atoms with E-state index in [4.69, 9.17) is 9.97 Å². The highest BCUT2D eigenvalue weighted by molar-refractivity contribution is 6.29. The van der Waals surface area contributed by atoms with Crippen LogP contribution >= 0.6 is 0 Å². The Hall–Kier alpha value is -9.12. The highest BCUT2D eigenvalue weighted by Crippen LogP contribution is 2.43. The largest absolute Gasteiger partial charge is 0.309 e. The Bertz CT molecular complexity index is 4560. The summed E-state index contributed by atoms with van der Waals surface area (Å²) in [7, 11) is 0. The molecule has 4 heterocycles. The molecule has 314 valence electrons. The number of benzene rings is 11. The topological polar surface area (TPSA) is 35.6 Å². The van der Waals surface area contributed by atoms with Gasteiger partial charge in [0.1, 0.15) is 0 Å². The molecule has 0 N–H and O–H groups in total. The highest BCUT2D eigenvalue weighted by atomic mass is 15.0. The number of para-hydroxylation sites is 2. The molecule has 0 atom stereocenters. The summed E-state index contributed by atoms with van der Waals surface area (Å²) in [5, 5.41) is 17.2. The van der Waals surface area contributed by atoms with E-state index in [-0.39, 0.29) is 0 Å². The van der Waals surface area contributed by atoms with Crippen LogP contribution in [0.1, 0.15) is 0 Å². The molecule has 0 saturated heterocycles. The minimum absolute atomic E-state index is 0.927. The molecule has 4 heteroatoms. The van der Waals surface area contributed by atoms with Crippen LogP contribution < -0.4 is 0 Å². The molecule has 0 bridgehead atoms. The smallest absolute Gasteiger partial charge is 0.0978 e. The molecule has 15 aromatic rings. The van der Waals surface area contributed by atoms with Crippen molar-refractivity contribution in [2.24, 2.45) is 0 Å². The minimum atomic E-state index is 0.927. The van der Waals surface area contributed by atoms with E-state index in [1.165, 1.54) is 86.7 Å². The van der Waals surface area contributed by atoms with E-state index in [2.05, 4.69) is 228 Å². The number of fused-ring (bicyclic) bond motifs is 18. The first-order chi connectivity index (χ1) is 33.7. The Balaban J connectivity index is 0.943. The second-order valence-corrected chi connectivity index (χ2v) is 18.1. The predicted molar refractivity (Wildman–Crippen MR) is 287 cm³/mol. The standard InChI is InChI=1S/C64H38N4/c1-2-13-42(14-3-1)67-59-23-11-10-21-50(59)56-36-43(29-33-60(56)67)68-61-35-41(28-30-51(61)57-37-54-48-19-8-4-15-44(48)45-16-5-9-20-49(45)55(54)38-62(57)68)39-24-26-40(27-25-39)58-32-31-53-47-18-7-6-17-46(47)52-22-12-34-65-63(52)64(53)66-58/h1-38H. The third-order valence-electron chi connectivity index (χ3n) is 14.5. The lowest BCUT2D eigenvalue weighted by Crippen LogP contribution is -1.96. The van der Waals surface area contributed by atoms with E-state index in [9.17, 15) is 0 Å². The second kappa shape index (κ2) is 14.2. The molecule has 0 spiro atoms. The molecular formula is C64H38N4. The first kappa shape index (κ1) is 37.1. The van der Waals surface area contributed by atoms with E-state index >= 15 is 0 Å². The lowest BCUT2D eigenvalue weighted by atomic mass is 9.93. The van der Waals surface area contributed by atoms with Gasteiger partial charge in [-0.3, -0.25) is 4.98 Å². The van der Waals surface area contributed by atoms with Crippen molar-refractivity contribution in [2.45, 2.75) is 0 Å². The summed E-state index contributed by atoms with van der Waals surface area (Å²) in [6.07, 6.45) is 1.87. The maximum absolute atomic E-state index is 5.29. The molecular weight excluding hydrogens is 825 g/mol. The third kappa shape index (κ3) is 5.31. The molecule has 0 radical (unpaired) electrons. The summed E-state index contributed by atoms with van der Waals surface area (Å²) in [6, 6.07) is 82.1. The van der Waals surface area contributed by atoms with Gasteiger partial charge >= 0.3 is 0 Å². The average molecular weight is 863 g/mol. The van der Waals surface area contributed by atoms with Gasteiger partial charge in [-0.15, -0.1) is 0 Å². The first-order valence-corrected chi connectivity index (χ1v) is 23.3. The van der Waals surface area contributed by atoms with E-state index in [1.54, 1.807) is 0 Å². The van der Waals surface area contributed by atoms with Gasteiger partial charge in [-0.25, -0.2) is 4.98 Å². The molecule has 15 rings (SSSR count). The molecule has 0 fully saturated rings. The zero-order valence-corrected chi connectivity index (χ0v) is 36.7. The Kier molecular flexibility index (Phi) is 7.75. The van der Waals surface area contributed by atoms with Crippen molar-refractivity contribution in [3.05, 3.63) is 231 Å². The number of hydrogen-bond donors (Lipinski definition) is 0. The van der Waals surface area contributed by atoms with Crippen LogP contribution in [-0.2, 0) is 0 Å². The first-order valence-electron chi connectivity index (χ1n) is 23.3. The van der Waals surface area contributed by atoms with Crippen LogP contribution in [0.4, 0.5) is 0 Å². The highest BCUT2D eigenvalue weighted by Gasteiger charge is 2.20. The summed E-state index contributed by atoms with van der Waals surface area (Å²) in [5.74, 6) is 0. The fourth-order valence-corrected chi connectivity index (χ4v) is 11.4. The molecule has 0 amide bonds. The normalized spacial score (nSPS) is 12.1. The summed E-state index contributed by atoms with van der Waals surface area (Å²) in [5.41, 5.74) is 13.2. The van der Waals surface area contributed by atoms with E-state index < -0.39 is 0 Å². The molecule has 4 aromatic heterocycles. The zero-order valence-electron chi connectivity index (χ0n) is 36.7. The quantitative estimate of drug-likeness (QED) is 0.165. The van der Waals surface area contributed by atoms with Gasteiger partial charge in [-0.05, 0) is 127 Å². The van der Waals surface area contributed by atoms with Crippen LogP contribution in [0.2, 0.25) is 0 Å². The fraction of sp³-hybridized carbons (Fsp3) is 0. The predicted octanol–water partition coefficient (Wildman–Crippen LogP) is 16.9. The molecule has 0 aliphatic carbocycles. The molecule has 0 aliphatic rings. The van der Waals surface area contributed by atoms with Crippen molar-refractivity contribution in [1.82, 2.24) is 19.1 Å². The number of rotatable bonds is 4. The monoisotopic (exact) mass is 862 g/mol. The van der Waals surface area contributed by atoms with E-state index in [1.807, 2.05) is 12.3 Å². The van der Waals surface area contributed by atoms with Crippen molar-refractivity contribution in [3.63, 3.8) is 0 Å². The molecule has 0 saturated carbocycles. The van der Waals surface area contributed by atoms with Gasteiger partial charge in [0.2, 0.25) is 0 Å². The van der Waals surface area contributed by atoms with Crippen molar-refractivity contribution in [3.8, 4) is 33.8 Å². The van der Waals surface area contributed by atoms with Crippen molar-refractivity contribution < 1.29 is 0 Å². The van der Waals surface area contributed by atoms with Crippen molar-refractivity contribution >= 4 is 109 Å². The second-order valence-electron chi connectivity index (χ2n) is 18.1. The Morgan fingerprint density at radius 3 is 1.49 bits per heavy atom. The summed E-state index contributed by atoms with van der Waals surface area (Å²) >= 11 is 0. The van der Waals surface area contributed by atoms with Crippen LogP contribution in [0, 0.1) is 0 Å². The minimum Gasteiger partial charge on any atom is -0.309 e. The summed E-state index contributed by atoms with van der Waals surface area (Å²) < 4.78 is 4.89. The Morgan fingerprint density at radius 1 is 0.250 bits per heavy atom. The fourth-order valence-electron chi connectivity index (χ4n) is 11.4. The zero-order chi connectivity index (χ0) is 44.5. The number of nitrogens with zero attached hydrogens (tertiary/aromatic N) is 4. The van der Waals surface area contributed by atoms with Crippen LogP contribution in [0.5, 0.6) is 0 Å². The van der Waals surface area contributed by atoms with Gasteiger partial charge in [0.05, 0.1) is 38.8 Å². The van der Waals surface area contributed by atoms with Gasteiger partial charge < -0.3 is 9.13 Å². The van der Waals surface area contributed by atoms with Gasteiger partial charge in [0, 0.05) is 55.5 Å². The molecule has 11 aromatic carbocycles. The third-order valence-corrected chi connectivity index (χ3v) is 14.5. The number of hydrogen-bond acceptors (Lipinski definition) is 2. The Labute approximate surface area is 390 Å². The maximum atomic E-state index is 5.29. The van der Waals surface area contributed by atoms with E-state index in [0.717, 1.165) is 55.6 Å². The maximum Gasteiger partial charge on any atom is 0.0978 e. The van der Waals surface area contributed by atoms with Gasteiger partial charge in [0.25, 0.3) is 0 Å². The van der Waals surface area contributed by atoms with Crippen LogP contribution in [-0.4, -0.2) is 19.1 Å². The van der Waals surface area contributed by atoms with Gasteiger partial charge in [0.15, 0.2) is 0 Å². The van der Waals surface area contributed by atoms with Gasteiger partial charge in [-0.1, -0.05) is 152 Å². The van der Waals surface area contributed by atoms with Crippen LogP contribution in [0.3, 0.4) is 0 Å². The number of aromatic nitrogens is 4. The molecule has 0 aliphatic heterocycles. The van der Waals surface area contributed by atoms with Crippen LogP contribution in [0.25, 0.3) is 142 Å². The van der Waals surface area contributed by atoms with E-state index in [0.29, 0.717) is 0 Å². The molecule has 68 heavy (non-hydrogen) atoms. The Morgan fingerprint density at radius 2 is 0.750 bits per heavy atom. The molecule has 4 nitrogen and oxygen atoms in total. The van der Waals surface area contributed by atoms with Crippen molar-refractivity contribution in [1.29, 1.82) is 0 Å². The SMILES string of the molecule is c1ccc(-n2c3ccccc3c3cc(-n4c5cc(-c6ccc(-c7ccc8c9ccccc9c9cccnc9c8n7)cc6)ccc5c5cc6c7ccccc7c7ccccc7c6cc54)ccc32)cc1.